The van der Waals surface area contributed by atoms with Crippen molar-refractivity contribution >= 4 is 33.3 Å². The molecule has 5 rings (SSSR count). The number of carbonyl (C=O) groups excluding carboxylic acids is 1. The largest absolute Gasteiger partial charge is 0.450 e. The van der Waals surface area contributed by atoms with E-state index in [1.807, 2.05) is 32.9 Å². The molecule has 1 amide bonds. The third-order valence-electron chi connectivity index (χ3n) is 5.75. The summed E-state index contributed by atoms with van der Waals surface area (Å²) in [5.74, 6) is -0.794. The van der Waals surface area contributed by atoms with E-state index in [4.69, 9.17) is 4.42 Å². The number of aryl methyl sites for hydroxylation is 3. The summed E-state index contributed by atoms with van der Waals surface area (Å²) in [5.41, 5.74) is 2.84. The molecule has 5 nitrogen and oxygen atoms in total. The average molecular weight is 434 g/mol. The molecule has 0 aliphatic carbocycles. The van der Waals surface area contributed by atoms with Crippen LogP contribution in [0.1, 0.15) is 50.8 Å². The summed E-state index contributed by atoms with van der Waals surface area (Å²) in [6.45, 7) is 5.82. The minimum atomic E-state index is -0.737. The van der Waals surface area contributed by atoms with Crippen molar-refractivity contribution < 1.29 is 13.6 Å². The van der Waals surface area contributed by atoms with Gasteiger partial charge in [0.25, 0.3) is 5.91 Å². The molecule has 0 N–H and O–H groups in total. The number of halogens is 1. The van der Waals surface area contributed by atoms with Crippen LogP contribution in [0.15, 0.2) is 51.7 Å². The van der Waals surface area contributed by atoms with Crippen LogP contribution >= 0.6 is 11.3 Å². The molecule has 0 spiro atoms. The number of nitrogens with zero attached hydrogens (tertiary/aromatic N) is 2. The zero-order valence-corrected chi connectivity index (χ0v) is 18.0. The molecular formula is C24H19FN2O3S. The van der Waals surface area contributed by atoms with E-state index in [2.05, 4.69) is 4.98 Å². The van der Waals surface area contributed by atoms with Gasteiger partial charge < -0.3 is 4.42 Å². The average Bonchev–Trinajstić information content (AvgIpc) is 3.25. The summed E-state index contributed by atoms with van der Waals surface area (Å²) in [6.07, 6.45) is 0.774. The Morgan fingerprint density at radius 3 is 2.52 bits per heavy atom. The van der Waals surface area contributed by atoms with Crippen LogP contribution in [0.5, 0.6) is 0 Å². The number of hydrogen-bond donors (Lipinski definition) is 0. The molecule has 0 bridgehead atoms. The molecule has 2 aromatic carbocycles. The number of thiazole rings is 1. The summed E-state index contributed by atoms with van der Waals surface area (Å²) in [7, 11) is 0. The zero-order chi connectivity index (χ0) is 21.9. The van der Waals surface area contributed by atoms with Gasteiger partial charge in [-0.2, -0.15) is 0 Å². The van der Waals surface area contributed by atoms with E-state index >= 15 is 0 Å². The highest BCUT2D eigenvalue weighted by atomic mass is 32.1. The minimum absolute atomic E-state index is 0.0154. The van der Waals surface area contributed by atoms with Gasteiger partial charge in [0.2, 0.25) is 5.76 Å². The van der Waals surface area contributed by atoms with E-state index in [9.17, 15) is 14.0 Å². The van der Waals surface area contributed by atoms with Crippen LogP contribution in [-0.4, -0.2) is 10.9 Å². The number of anilines is 1. The van der Waals surface area contributed by atoms with Gasteiger partial charge in [-0.3, -0.25) is 14.5 Å². The Morgan fingerprint density at radius 1 is 1.13 bits per heavy atom. The second-order valence-corrected chi connectivity index (χ2v) is 8.81. The molecule has 1 aliphatic rings. The van der Waals surface area contributed by atoms with Crippen LogP contribution in [0.4, 0.5) is 9.52 Å². The zero-order valence-electron chi connectivity index (χ0n) is 17.2. The van der Waals surface area contributed by atoms with Gasteiger partial charge >= 0.3 is 0 Å². The molecule has 0 saturated carbocycles. The lowest BCUT2D eigenvalue weighted by atomic mass is 9.98. The Bertz CT molecular complexity index is 1390. The number of fused-ring (bicyclic) bond motifs is 2. The van der Waals surface area contributed by atoms with Crippen LogP contribution in [0.3, 0.4) is 0 Å². The van der Waals surface area contributed by atoms with E-state index < -0.39 is 11.9 Å². The minimum Gasteiger partial charge on any atom is -0.450 e. The fraction of sp³-hybridized carbons (Fsp3) is 0.208. The molecule has 1 unspecified atom stereocenters. The molecule has 2 aromatic heterocycles. The standard InChI is InChI=1S/C24H19FN2O3S/c1-4-14-5-10-18-17(11-14)21(28)19-20(15-6-8-16(25)9-7-15)27(23(29)22(19)30-18)24-26-12(2)13(3)31-24/h5-11,20H,4H2,1-3H3. The highest BCUT2D eigenvalue weighted by molar-refractivity contribution is 7.15. The first-order chi connectivity index (χ1) is 14.9. The second-order valence-electron chi connectivity index (χ2n) is 7.63. The molecular weight excluding hydrogens is 415 g/mol. The van der Waals surface area contributed by atoms with Crippen molar-refractivity contribution in [3.05, 3.63) is 91.5 Å². The molecule has 156 valence electrons. The van der Waals surface area contributed by atoms with Crippen LogP contribution < -0.4 is 10.3 Å². The predicted molar refractivity (Wildman–Crippen MR) is 119 cm³/mol. The van der Waals surface area contributed by atoms with Gasteiger partial charge in [0, 0.05) is 4.88 Å². The van der Waals surface area contributed by atoms with Gasteiger partial charge in [0.15, 0.2) is 10.6 Å². The summed E-state index contributed by atoms with van der Waals surface area (Å²) >= 11 is 1.38. The smallest absolute Gasteiger partial charge is 0.297 e. The summed E-state index contributed by atoms with van der Waals surface area (Å²) in [6, 6.07) is 10.5. The molecule has 0 saturated heterocycles. The first kappa shape index (κ1) is 19.6. The Kier molecular flexibility index (Phi) is 4.51. The number of benzene rings is 2. The Morgan fingerprint density at radius 2 is 1.87 bits per heavy atom. The Labute approximate surface area is 181 Å². The fourth-order valence-electron chi connectivity index (χ4n) is 3.96. The van der Waals surface area contributed by atoms with Crippen molar-refractivity contribution in [2.45, 2.75) is 33.2 Å². The van der Waals surface area contributed by atoms with Crippen molar-refractivity contribution in [3.8, 4) is 0 Å². The third kappa shape index (κ3) is 2.99. The molecule has 4 aromatic rings. The van der Waals surface area contributed by atoms with E-state index in [1.165, 1.54) is 28.4 Å². The monoisotopic (exact) mass is 434 g/mol. The maximum absolute atomic E-state index is 13.6. The molecule has 31 heavy (non-hydrogen) atoms. The highest BCUT2D eigenvalue weighted by Gasteiger charge is 2.45. The number of hydrogen-bond acceptors (Lipinski definition) is 5. The van der Waals surface area contributed by atoms with Crippen molar-refractivity contribution in [1.29, 1.82) is 0 Å². The molecule has 7 heteroatoms. The molecule has 3 heterocycles. The van der Waals surface area contributed by atoms with Gasteiger partial charge in [-0.25, -0.2) is 9.37 Å². The van der Waals surface area contributed by atoms with Crippen molar-refractivity contribution in [3.63, 3.8) is 0 Å². The summed E-state index contributed by atoms with van der Waals surface area (Å²) < 4.78 is 19.6. The van der Waals surface area contributed by atoms with Gasteiger partial charge in [-0.05, 0) is 55.7 Å². The third-order valence-corrected chi connectivity index (χ3v) is 6.82. The Balaban J connectivity index is 1.81. The highest BCUT2D eigenvalue weighted by Crippen LogP contribution is 2.43. The van der Waals surface area contributed by atoms with Crippen LogP contribution in [0, 0.1) is 19.7 Å². The predicted octanol–water partition coefficient (Wildman–Crippen LogP) is 5.32. The SMILES string of the molecule is CCc1ccc2oc3c(c(=O)c2c1)C(c1ccc(F)cc1)N(c1nc(C)c(C)s1)C3=O. The maximum Gasteiger partial charge on any atom is 0.297 e. The lowest BCUT2D eigenvalue weighted by Gasteiger charge is -2.22. The fourth-order valence-corrected chi connectivity index (χ4v) is 4.89. The molecule has 0 radical (unpaired) electrons. The van der Waals surface area contributed by atoms with Crippen molar-refractivity contribution in [1.82, 2.24) is 4.98 Å². The van der Waals surface area contributed by atoms with Gasteiger partial charge in [-0.15, -0.1) is 11.3 Å². The molecule has 1 aliphatic heterocycles. The van der Waals surface area contributed by atoms with Gasteiger partial charge in [0.05, 0.1) is 22.7 Å². The van der Waals surface area contributed by atoms with E-state index in [0.29, 0.717) is 21.7 Å². The second kappa shape index (κ2) is 7.13. The van der Waals surface area contributed by atoms with Crippen LogP contribution in [0.25, 0.3) is 11.0 Å². The molecule has 1 atom stereocenters. The lowest BCUT2D eigenvalue weighted by molar-refractivity contribution is 0.0971. The number of rotatable bonds is 3. The van der Waals surface area contributed by atoms with Crippen molar-refractivity contribution in [2.24, 2.45) is 0 Å². The quantitative estimate of drug-likeness (QED) is 0.438. The van der Waals surface area contributed by atoms with E-state index in [0.717, 1.165) is 22.6 Å². The van der Waals surface area contributed by atoms with E-state index in [1.54, 1.807) is 18.2 Å². The first-order valence-corrected chi connectivity index (χ1v) is 10.8. The number of aromatic nitrogens is 1. The number of amides is 1. The van der Waals surface area contributed by atoms with Gasteiger partial charge in [-0.1, -0.05) is 25.1 Å². The van der Waals surface area contributed by atoms with Crippen LogP contribution in [-0.2, 0) is 6.42 Å². The first-order valence-electron chi connectivity index (χ1n) is 10.0. The topological polar surface area (TPSA) is 63.4 Å². The van der Waals surface area contributed by atoms with E-state index in [-0.39, 0.29) is 22.6 Å². The summed E-state index contributed by atoms with van der Waals surface area (Å²) in [5, 5.41) is 0.921. The number of carbonyl (C=O) groups is 1. The van der Waals surface area contributed by atoms with Crippen LogP contribution in [0.2, 0.25) is 0 Å². The maximum atomic E-state index is 13.6. The normalized spacial score (nSPS) is 15.7. The van der Waals surface area contributed by atoms with Gasteiger partial charge in [0.1, 0.15) is 11.4 Å². The molecule has 0 fully saturated rings. The lowest BCUT2D eigenvalue weighted by Crippen LogP contribution is -2.29. The Hall–Kier alpha value is -3.32. The summed E-state index contributed by atoms with van der Waals surface area (Å²) in [4.78, 5) is 34.1. The van der Waals surface area contributed by atoms with Crippen molar-refractivity contribution in [2.75, 3.05) is 4.90 Å².